The van der Waals surface area contributed by atoms with Crippen LogP contribution in [0.25, 0.3) is 0 Å². The van der Waals surface area contributed by atoms with Crippen LogP contribution < -0.4 is 28.7 Å². The number of ether oxygens (including phenoxy) is 4. The highest BCUT2D eigenvalue weighted by Crippen LogP contribution is 2.36. The van der Waals surface area contributed by atoms with Gasteiger partial charge in [-0.25, -0.2) is 13.8 Å². The topological polar surface area (TPSA) is 116 Å². The number of halogens is 1. The van der Waals surface area contributed by atoms with Crippen molar-refractivity contribution in [2.24, 2.45) is 5.10 Å². The molecule has 3 aromatic carbocycles. The van der Waals surface area contributed by atoms with E-state index in [0.717, 1.165) is 9.87 Å². The summed E-state index contributed by atoms with van der Waals surface area (Å²) in [7, 11) is 1.75. The predicted molar refractivity (Wildman–Crippen MR) is 148 cm³/mol. The number of carbonyl (C=O) groups is 1. The molecule has 12 heteroatoms. The first-order valence-electron chi connectivity index (χ1n) is 11.2. The first-order chi connectivity index (χ1) is 18.1. The molecular formula is C26H28BrN3O7S. The molecule has 0 aliphatic carbocycles. The van der Waals surface area contributed by atoms with Crippen molar-refractivity contribution in [1.29, 1.82) is 0 Å². The monoisotopic (exact) mass is 605 g/mol. The van der Waals surface area contributed by atoms with Crippen molar-refractivity contribution in [2.75, 3.05) is 39.3 Å². The minimum absolute atomic E-state index is 0.0208. The van der Waals surface area contributed by atoms with Gasteiger partial charge in [0.1, 0.15) is 18.0 Å². The zero-order valence-electron chi connectivity index (χ0n) is 21.5. The molecule has 0 bridgehead atoms. The number of hydrazone groups is 1. The Kier molecular flexibility index (Phi) is 9.59. The van der Waals surface area contributed by atoms with Gasteiger partial charge in [0, 0.05) is 6.07 Å². The number of aryl methyl sites for hydroxylation is 1. The second kappa shape index (κ2) is 12.7. The molecule has 0 aromatic heterocycles. The fraction of sp³-hybridized carbons (Fsp3) is 0.231. The molecule has 10 nitrogen and oxygen atoms in total. The summed E-state index contributed by atoms with van der Waals surface area (Å²) in [6.07, 6.45) is 1.40. The highest BCUT2D eigenvalue weighted by molar-refractivity contribution is 9.10. The van der Waals surface area contributed by atoms with Gasteiger partial charge in [-0.05, 0) is 64.8 Å². The standard InChI is InChI=1S/C26H28BrN3O7S/c1-17-6-9-20(10-7-17)38(32,33)30(22-11-8-19(34-2)14-23(22)35-3)16-25(31)29-28-15-18-12-21(27)26(37-5)24(13-18)36-4/h6-15H,16H2,1-5H3,(H,29,31)/b28-15-. The van der Waals surface area contributed by atoms with E-state index in [1.807, 2.05) is 6.92 Å². The van der Waals surface area contributed by atoms with E-state index in [1.165, 1.54) is 58.9 Å². The molecule has 202 valence electrons. The number of nitrogens with one attached hydrogen (secondary N) is 1. The Morgan fingerprint density at radius 1 is 0.947 bits per heavy atom. The number of benzene rings is 3. The molecule has 1 amide bonds. The molecular weight excluding hydrogens is 578 g/mol. The second-order valence-corrected chi connectivity index (χ2v) is 10.6. The number of sulfonamides is 1. The molecule has 0 saturated carbocycles. The van der Waals surface area contributed by atoms with Crippen molar-refractivity contribution in [3.8, 4) is 23.0 Å². The summed E-state index contributed by atoms with van der Waals surface area (Å²) < 4.78 is 50.2. The Labute approximate surface area is 230 Å². The molecule has 0 fully saturated rings. The Balaban J connectivity index is 1.92. The van der Waals surface area contributed by atoms with Crippen LogP contribution in [0.1, 0.15) is 11.1 Å². The predicted octanol–water partition coefficient (Wildman–Crippen LogP) is 4.14. The molecule has 38 heavy (non-hydrogen) atoms. The third-order valence-electron chi connectivity index (χ3n) is 5.41. The molecule has 0 heterocycles. The Hall–Kier alpha value is -3.77. The van der Waals surface area contributed by atoms with Crippen molar-refractivity contribution in [2.45, 2.75) is 11.8 Å². The molecule has 0 radical (unpaired) electrons. The number of hydrogen-bond donors (Lipinski definition) is 1. The van der Waals surface area contributed by atoms with E-state index >= 15 is 0 Å². The molecule has 0 saturated heterocycles. The average molecular weight is 606 g/mol. The van der Waals surface area contributed by atoms with E-state index in [0.29, 0.717) is 27.3 Å². The number of nitrogens with zero attached hydrogens (tertiary/aromatic N) is 2. The van der Waals surface area contributed by atoms with Crippen LogP contribution in [-0.2, 0) is 14.8 Å². The van der Waals surface area contributed by atoms with Crippen LogP contribution in [0.4, 0.5) is 5.69 Å². The van der Waals surface area contributed by atoms with E-state index in [2.05, 4.69) is 26.5 Å². The fourth-order valence-corrected chi connectivity index (χ4v) is 5.54. The number of rotatable bonds is 11. The number of hydrogen-bond acceptors (Lipinski definition) is 8. The van der Waals surface area contributed by atoms with Crippen molar-refractivity contribution < 1.29 is 32.2 Å². The van der Waals surface area contributed by atoms with Crippen LogP contribution >= 0.6 is 15.9 Å². The van der Waals surface area contributed by atoms with Gasteiger partial charge in [0.25, 0.3) is 15.9 Å². The summed E-state index contributed by atoms with van der Waals surface area (Å²) in [5.74, 6) is 0.991. The van der Waals surface area contributed by atoms with E-state index in [4.69, 9.17) is 18.9 Å². The lowest BCUT2D eigenvalue weighted by molar-refractivity contribution is -0.119. The van der Waals surface area contributed by atoms with E-state index in [1.54, 1.807) is 30.3 Å². The van der Waals surface area contributed by atoms with Crippen LogP contribution in [0.3, 0.4) is 0 Å². The van der Waals surface area contributed by atoms with Gasteiger partial charge in [0.15, 0.2) is 11.5 Å². The highest BCUT2D eigenvalue weighted by atomic mass is 79.9. The lowest BCUT2D eigenvalue weighted by Crippen LogP contribution is -2.39. The van der Waals surface area contributed by atoms with Gasteiger partial charge in [-0.3, -0.25) is 9.10 Å². The van der Waals surface area contributed by atoms with Gasteiger partial charge in [0.2, 0.25) is 0 Å². The smallest absolute Gasteiger partial charge is 0.264 e. The van der Waals surface area contributed by atoms with Gasteiger partial charge < -0.3 is 18.9 Å². The minimum Gasteiger partial charge on any atom is -0.497 e. The number of amides is 1. The lowest BCUT2D eigenvalue weighted by atomic mass is 10.2. The second-order valence-electron chi connectivity index (χ2n) is 7.89. The fourth-order valence-electron chi connectivity index (χ4n) is 3.49. The molecule has 0 unspecified atom stereocenters. The maximum absolute atomic E-state index is 13.7. The van der Waals surface area contributed by atoms with Gasteiger partial charge in [0.05, 0.1) is 49.7 Å². The van der Waals surface area contributed by atoms with Gasteiger partial charge >= 0.3 is 0 Å². The molecule has 0 aliphatic rings. The largest absolute Gasteiger partial charge is 0.497 e. The average Bonchev–Trinajstić information content (AvgIpc) is 2.91. The van der Waals surface area contributed by atoms with Crippen LogP contribution in [0.15, 0.2) is 69.1 Å². The van der Waals surface area contributed by atoms with Gasteiger partial charge in [-0.15, -0.1) is 0 Å². The number of anilines is 1. The molecule has 1 N–H and O–H groups in total. The lowest BCUT2D eigenvalue weighted by Gasteiger charge is -2.25. The normalized spacial score (nSPS) is 11.2. The van der Waals surface area contributed by atoms with E-state index in [-0.39, 0.29) is 16.3 Å². The molecule has 0 atom stereocenters. The SMILES string of the molecule is COc1ccc(N(CC(=O)N/N=C\c2cc(Br)c(OC)c(OC)c2)S(=O)(=O)c2ccc(C)cc2)c(OC)c1. The van der Waals surface area contributed by atoms with Crippen molar-refractivity contribution >= 4 is 43.8 Å². The maximum atomic E-state index is 13.7. The van der Waals surface area contributed by atoms with Crippen molar-refractivity contribution in [3.05, 3.63) is 70.2 Å². The third kappa shape index (κ3) is 6.56. The van der Waals surface area contributed by atoms with Gasteiger partial charge in [-0.1, -0.05) is 17.7 Å². The van der Waals surface area contributed by atoms with Crippen molar-refractivity contribution in [1.82, 2.24) is 5.43 Å². The zero-order valence-corrected chi connectivity index (χ0v) is 23.9. The summed E-state index contributed by atoms with van der Waals surface area (Å²) in [4.78, 5) is 12.9. The van der Waals surface area contributed by atoms with Crippen molar-refractivity contribution in [3.63, 3.8) is 0 Å². The van der Waals surface area contributed by atoms with Crippen LogP contribution in [0, 0.1) is 6.92 Å². The van der Waals surface area contributed by atoms with Gasteiger partial charge in [-0.2, -0.15) is 5.10 Å². The Morgan fingerprint density at radius 3 is 2.24 bits per heavy atom. The van der Waals surface area contributed by atoms with Crippen LogP contribution in [0.2, 0.25) is 0 Å². The van der Waals surface area contributed by atoms with E-state index < -0.39 is 22.5 Å². The first kappa shape index (κ1) is 28.8. The quantitative estimate of drug-likeness (QED) is 0.258. The zero-order chi connectivity index (χ0) is 27.9. The summed E-state index contributed by atoms with van der Waals surface area (Å²) in [5, 5.41) is 3.98. The third-order valence-corrected chi connectivity index (χ3v) is 7.77. The molecule has 0 spiro atoms. The summed E-state index contributed by atoms with van der Waals surface area (Å²) in [6, 6.07) is 14.4. The van der Waals surface area contributed by atoms with E-state index in [9.17, 15) is 13.2 Å². The molecule has 3 rings (SSSR count). The highest BCUT2D eigenvalue weighted by Gasteiger charge is 2.29. The van der Waals surface area contributed by atoms with Crippen LogP contribution in [-0.4, -0.2) is 55.5 Å². The maximum Gasteiger partial charge on any atom is 0.264 e. The summed E-state index contributed by atoms with van der Waals surface area (Å²) in [5.41, 5.74) is 4.05. The summed E-state index contributed by atoms with van der Waals surface area (Å²) >= 11 is 3.40. The summed E-state index contributed by atoms with van der Waals surface area (Å²) in [6.45, 7) is 1.29. The Morgan fingerprint density at radius 2 is 1.63 bits per heavy atom. The Bertz CT molecular complexity index is 1430. The van der Waals surface area contributed by atoms with Crippen LogP contribution in [0.5, 0.6) is 23.0 Å². The molecule has 0 aliphatic heterocycles. The number of carbonyl (C=O) groups excluding carboxylic acids is 1. The first-order valence-corrected chi connectivity index (χ1v) is 13.4. The molecule has 3 aromatic rings. The number of methoxy groups -OCH3 is 4. The minimum atomic E-state index is -4.15.